The Balaban J connectivity index is 2.61. The summed E-state index contributed by atoms with van der Waals surface area (Å²) in [5.41, 5.74) is 1.36. The molecule has 15 heavy (non-hydrogen) atoms. The van der Waals surface area contributed by atoms with Gasteiger partial charge in [-0.1, -0.05) is 13.0 Å². The third-order valence-electron chi connectivity index (χ3n) is 2.49. The van der Waals surface area contributed by atoms with Crippen LogP contribution in [-0.4, -0.2) is 14.8 Å². The number of hydrogen-bond donors (Lipinski definition) is 2. The van der Waals surface area contributed by atoms with Crippen LogP contribution >= 0.6 is 7.60 Å². The zero-order valence-corrected chi connectivity index (χ0v) is 9.19. The summed E-state index contributed by atoms with van der Waals surface area (Å²) in [5, 5.41) is 0.115. The van der Waals surface area contributed by atoms with Gasteiger partial charge in [0.05, 0.1) is 11.0 Å². The Hall–Kier alpha value is -0.960. The van der Waals surface area contributed by atoms with Gasteiger partial charge in [0.25, 0.3) is 0 Å². The minimum Gasteiger partial charge on any atom is -0.321 e. The van der Waals surface area contributed by atoms with Gasteiger partial charge in [0.2, 0.25) is 0 Å². The second-order valence-corrected chi connectivity index (χ2v) is 5.35. The lowest BCUT2D eigenvalue weighted by atomic mass is 9.94. The molecule has 1 aromatic rings. The van der Waals surface area contributed by atoms with E-state index < -0.39 is 7.60 Å². The van der Waals surface area contributed by atoms with Crippen molar-refractivity contribution in [1.29, 1.82) is 0 Å². The summed E-state index contributed by atoms with van der Waals surface area (Å²) in [5.74, 6) is 0.298. The zero-order valence-electron chi connectivity index (χ0n) is 8.29. The molecule has 2 rings (SSSR count). The molecule has 0 saturated carbocycles. The molecule has 0 aliphatic heterocycles. The summed E-state index contributed by atoms with van der Waals surface area (Å²) >= 11 is 0. The van der Waals surface area contributed by atoms with E-state index in [9.17, 15) is 14.4 Å². The van der Waals surface area contributed by atoms with Crippen molar-refractivity contribution in [3.63, 3.8) is 0 Å². The largest absolute Gasteiger partial charge is 0.356 e. The van der Waals surface area contributed by atoms with Gasteiger partial charge in [-0.25, -0.2) is 0 Å². The highest BCUT2D eigenvalue weighted by atomic mass is 31.2. The van der Waals surface area contributed by atoms with Gasteiger partial charge in [0.15, 0.2) is 0 Å². The van der Waals surface area contributed by atoms with Gasteiger partial charge in [-0.3, -0.25) is 9.55 Å². The van der Waals surface area contributed by atoms with Gasteiger partial charge in [-0.05, 0) is 30.0 Å². The maximum absolute atomic E-state index is 11.3. The Morgan fingerprint density at radius 1 is 1.53 bits per heavy atom. The van der Waals surface area contributed by atoms with Crippen LogP contribution in [0.3, 0.4) is 0 Å². The van der Waals surface area contributed by atoms with Gasteiger partial charge in [0, 0.05) is 6.20 Å². The Morgan fingerprint density at radius 2 is 2.27 bits per heavy atom. The lowest BCUT2D eigenvalue weighted by Gasteiger charge is -2.18. The van der Waals surface area contributed by atoms with Crippen LogP contribution < -0.4 is 5.30 Å². The Bertz CT molecular complexity index is 464. The minimum absolute atomic E-state index is 0.115. The van der Waals surface area contributed by atoms with E-state index in [1.54, 1.807) is 0 Å². The second-order valence-electron chi connectivity index (χ2n) is 3.78. The number of fused-ring (bicyclic) bond motifs is 1. The van der Waals surface area contributed by atoms with Crippen LogP contribution in [0.25, 0.3) is 6.08 Å². The lowest BCUT2D eigenvalue weighted by molar-refractivity contribution is 0.387. The molecule has 0 radical (unpaired) electrons. The zero-order chi connectivity index (χ0) is 11.1. The summed E-state index contributed by atoms with van der Waals surface area (Å²) in [4.78, 5) is 22.5. The molecule has 0 bridgehead atoms. The maximum atomic E-state index is 11.3. The molecule has 1 aliphatic rings. The summed E-state index contributed by atoms with van der Waals surface area (Å²) in [6.07, 6.45) is 5.90. The Labute approximate surface area is 87.8 Å². The quantitative estimate of drug-likeness (QED) is 0.702. The van der Waals surface area contributed by atoms with Crippen LogP contribution in [0.2, 0.25) is 0 Å². The number of aromatic nitrogens is 1. The number of nitrogens with zero attached hydrogens (tertiary/aromatic N) is 1. The highest BCUT2D eigenvalue weighted by molar-refractivity contribution is 7.60. The van der Waals surface area contributed by atoms with Crippen LogP contribution in [-0.2, 0) is 11.0 Å². The van der Waals surface area contributed by atoms with E-state index in [4.69, 9.17) is 0 Å². The predicted octanol–water partition coefficient (Wildman–Crippen LogP) is 1.09. The molecule has 1 unspecified atom stereocenters. The van der Waals surface area contributed by atoms with Crippen LogP contribution in [0.4, 0.5) is 0 Å². The average molecular weight is 225 g/mol. The van der Waals surface area contributed by atoms with Gasteiger partial charge in [-0.2, -0.15) is 0 Å². The third kappa shape index (κ3) is 2.02. The molecule has 1 aliphatic carbocycles. The molecule has 80 valence electrons. The summed E-state index contributed by atoms with van der Waals surface area (Å²) in [6.45, 7) is 2.01. The first-order valence-corrected chi connectivity index (χ1v) is 6.32. The van der Waals surface area contributed by atoms with E-state index >= 15 is 0 Å². The predicted molar refractivity (Wildman–Crippen MR) is 57.8 cm³/mol. The molecule has 5 heteroatoms. The SMILES string of the molecule is CC1C=Cc2nccc(P(=O)(O)O)c2C1. The van der Waals surface area contributed by atoms with E-state index in [0.717, 1.165) is 0 Å². The van der Waals surface area contributed by atoms with Crippen molar-refractivity contribution in [2.24, 2.45) is 5.92 Å². The molecule has 1 heterocycles. The van der Waals surface area contributed by atoms with Crippen molar-refractivity contribution in [2.45, 2.75) is 13.3 Å². The Morgan fingerprint density at radius 3 is 2.93 bits per heavy atom. The van der Waals surface area contributed by atoms with Gasteiger partial charge in [0.1, 0.15) is 0 Å². The number of allylic oxidation sites excluding steroid dienone is 1. The van der Waals surface area contributed by atoms with Gasteiger partial charge >= 0.3 is 7.60 Å². The lowest BCUT2D eigenvalue weighted by Crippen LogP contribution is -2.18. The molecular formula is C10H12NO3P. The van der Waals surface area contributed by atoms with E-state index in [2.05, 4.69) is 4.98 Å². The van der Waals surface area contributed by atoms with Crippen molar-refractivity contribution in [1.82, 2.24) is 4.98 Å². The van der Waals surface area contributed by atoms with Gasteiger partial charge in [-0.15, -0.1) is 0 Å². The van der Waals surface area contributed by atoms with Crippen molar-refractivity contribution in [3.8, 4) is 0 Å². The van der Waals surface area contributed by atoms with Crippen molar-refractivity contribution >= 4 is 19.0 Å². The number of hydrogen-bond acceptors (Lipinski definition) is 2. The fourth-order valence-electron chi connectivity index (χ4n) is 1.77. The van der Waals surface area contributed by atoms with Crippen molar-refractivity contribution in [2.75, 3.05) is 0 Å². The molecule has 2 N–H and O–H groups in total. The first-order valence-electron chi connectivity index (χ1n) is 4.70. The van der Waals surface area contributed by atoms with Gasteiger partial charge < -0.3 is 9.79 Å². The first kappa shape index (κ1) is 10.6. The number of rotatable bonds is 1. The third-order valence-corrected chi connectivity index (χ3v) is 3.53. The molecule has 0 amide bonds. The fraction of sp³-hybridized carbons (Fsp3) is 0.300. The van der Waals surface area contributed by atoms with Crippen LogP contribution in [0.5, 0.6) is 0 Å². The molecule has 1 atom stereocenters. The highest BCUT2D eigenvalue weighted by Gasteiger charge is 2.25. The van der Waals surface area contributed by atoms with Crippen molar-refractivity contribution in [3.05, 3.63) is 29.6 Å². The first-order chi connectivity index (χ1) is 6.98. The van der Waals surface area contributed by atoms with E-state index in [1.165, 1.54) is 12.3 Å². The second kappa shape index (κ2) is 3.56. The molecular weight excluding hydrogens is 213 g/mol. The van der Waals surface area contributed by atoms with E-state index in [1.807, 2.05) is 19.1 Å². The standard InChI is InChI=1S/C10H12NO3P/c1-7-2-3-9-8(6-7)10(4-5-11-9)15(12,13)14/h2-5,7H,6H2,1H3,(H2,12,13,14). The molecule has 0 fully saturated rings. The van der Waals surface area contributed by atoms with E-state index in [0.29, 0.717) is 23.6 Å². The smallest absolute Gasteiger partial charge is 0.321 e. The molecule has 0 spiro atoms. The van der Waals surface area contributed by atoms with Crippen LogP contribution in [0, 0.1) is 5.92 Å². The summed E-state index contributed by atoms with van der Waals surface area (Å²) < 4.78 is 11.3. The fourth-order valence-corrected chi connectivity index (χ4v) is 2.59. The summed E-state index contributed by atoms with van der Waals surface area (Å²) in [6, 6.07) is 1.41. The minimum atomic E-state index is -4.18. The topological polar surface area (TPSA) is 70.4 Å². The average Bonchev–Trinajstić information content (AvgIpc) is 2.15. The summed E-state index contributed by atoms with van der Waals surface area (Å²) in [7, 11) is -4.18. The monoisotopic (exact) mass is 225 g/mol. The Kier molecular flexibility index (Phi) is 2.51. The molecule has 0 aromatic carbocycles. The highest BCUT2D eigenvalue weighted by Crippen LogP contribution is 2.36. The molecule has 4 nitrogen and oxygen atoms in total. The maximum Gasteiger partial charge on any atom is 0.356 e. The normalized spacial score (nSPS) is 20.1. The van der Waals surface area contributed by atoms with Crippen LogP contribution in [0.15, 0.2) is 18.3 Å². The van der Waals surface area contributed by atoms with E-state index in [-0.39, 0.29) is 5.30 Å². The number of pyridine rings is 1. The van der Waals surface area contributed by atoms with Crippen molar-refractivity contribution < 1.29 is 14.4 Å². The molecule has 1 aromatic heterocycles. The molecule has 0 saturated heterocycles. The van der Waals surface area contributed by atoms with Crippen LogP contribution in [0.1, 0.15) is 18.2 Å².